The zero-order valence-electron chi connectivity index (χ0n) is 22.3. The first-order valence-corrected chi connectivity index (χ1v) is 14.0. The zero-order valence-corrected chi connectivity index (χ0v) is 23.1. The average molecular weight is 614 g/mol. The third-order valence-corrected chi connectivity index (χ3v) is 8.38. The van der Waals surface area contributed by atoms with E-state index in [9.17, 15) is 39.6 Å². The van der Waals surface area contributed by atoms with Crippen LogP contribution >= 0.6 is 0 Å². The maximum Gasteiger partial charge on any atom is 0.416 e. The number of hydrogen-bond acceptors (Lipinski definition) is 5. The lowest BCUT2D eigenvalue weighted by molar-refractivity contribution is -0.141. The van der Waals surface area contributed by atoms with Crippen molar-refractivity contribution in [1.29, 1.82) is 0 Å². The molecule has 0 spiro atoms. The largest absolute Gasteiger partial charge is 0.486 e. The number of carbonyl (C=O) groups excluding carboxylic acids is 1. The molecule has 0 aliphatic carbocycles. The molecule has 1 aliphatic heterocycles. The van der Waals surface area contributed by atoms with Gasteiger partial charge in [-0.3, -0.25) is 9.10 Å². The number of hydrogen-bond donors (Lipinski definition) is 0. The number of ether oxygens (including phenoxy) is 2. The van der Waals surface area contributed by atoms with E-state index >= 15 is 0 Å². The van der Waals surface area contributed by atoms with Gasteiger partial charge in [-0.1, -0.05) is 36.4 Å². The molecular weight excluding hydrogens is 588 g/mol. The number of allylic oxidation sites excluding steroid dienone is 1. The molecule has 0 radical (unpaired) electrons. The van der Waals surface area contributed by atoms with Crippen molar-refractivity contribution < 1.29 is 49.0 Å². The summed E-state index contributed by atoms with van der Waals surface area (Å²) in [5.41, 5.74) is -1.54. The molecule has 1 heterocycles. The van der Waals surface area contributed by atoms with E-state index in [1.807, 2.05) is 0 Å². The number of halogens is 6. The molecule has 13 heteroatoms. The summed E-state index contributed by atoms with van der Waals surface area (Å²) in [6.07, 6.45) is -8.87. The van der Waals surface area contributed by atoms with Gasteiger partial charge in [-0.05, 0) is 66.4 Å². The zero-order chi connectivity index (χ0) is 30.9. The lowest BCUT2D eigenvalue weighted by Gasteiger charge is -2.35. The van der Waals surface area contributed by atoms with Crippen LogP contribution < -0.4 is 9.04 Å². The minimum atomic E-state index is -4.79. The maximum absolute atomic E-state index is 13.7. The Morgan fingerprint density at radius 2 is 1.71 bits per heavy atom. The molecule has 0 fully saturated rings. The van der Waals surface area contributed by atoms with Crippen LogP contribution in [0.15, 0.2) is 71.6 Å². The van der Waals surface area contributed by atoms with Crippen LogP contribution in [0.1, 0.15) is 42.0 Å². The van der Waals surface area contributed by atoms with E-state index in [1.54, 1.807) is 0 Å². The van der Waals surface area contributed by atoms with Gasteiger partial charge in [0.15, 0.2) is 0 Å². The molecular formula is C29H25F6NO5S. The second-order valence-corrected chi connectivity index (χ2v) is 11.4. The van der Waals surface area contributed by atoms with Crippen molar-refractivity contribution in [2.75, 3.05) is 18.0 Å². The summed E-state index contributed by atoms with van der Waals surface area (Å²) >= 11 is 0. The van der Waals surface area contributed by atoms with Crippen LogP contribution in [0.25, 0.3) is 11.6 Å². The van der Waals surface area contributed by atoms with Crippen molar-refractivity contribution in [2.45, 2.75) is 43.1 Å². The van der Waals surface area contributed by atoms with Crippen LogP contribution in [0, 0.1) is 0 Å². The molecule has 224 valence electrons. The molecule has 0 N–H and O–H groups in total. The molecule has 1 aliphatic rings. The first-order valence-electron chi connectivity index (χ1n) is 12.5. The molecule has 0 amide bonds. The highest BCUT2D eigenvalue weighted by atomic mass is 32.2. The monoisotopic (exact) mass is 613 g/mol. The standard InChI is InChI=1S/C29H25F6NO5S/c1-18(23-8-3-4-9-24(23)29(33,34)35)14-19-10-12-26-25(15-19)36(17-21(41-26)11-13-27(37)40-2)42(38,39)22-7-5-6-20(16-22)28(30,31)32/h3-10,12,14-16,21H,11,13,17H2,1-2H3. The second-order valence-electron chi connectivity index (χ2n) is 9.51. The van der Waals surface area contributed by atoms with Crippen molar-refractivity contribution in [3.05, 3.63) is 89.0 Å². The van der Waals surface area contributed by atoms with E-state index in [-0.39, 0.29) is 42.0 Å². The van der Waals surface area contributed by atoms with Gasteiger partial charge in [0.25, 0.3) is 10.0 Å². The summed E-state index contributed by atoms with van der Waals surface area (Å²) in [5, 5.41) is 0. The van der Waals surface area contributed by atoms with E-state index in [2.05, 4.69) is 4.74 Å². The van der Waals surface area contributed by atoms with Crippen LogP contribution in [-0.4, -0.2) is 34.1 Å². The van der Waals surface area contributed by atoms with E-state index in [1.165, 1.54) is 56.5 Å². The van der Waals surface area contributed by atoms with Gasteiger partial charge in [-0.15, -0.1) is 0 Å². The lowest BCUT2D eigenvalue weighted by atomic mass is 9.98. The molecule has 1 atom stereocenters. The van der Waals surface area contributed by atoms with Crippen LogP contribution in [0.2, 0.25) is 0 Å². The number of esters is 1. The number of carbonyl (C=O) groups is 1. The fourth-order valence-corrected chi connectivity index (χ4v) is 6.08. The molecule has 1 unspecified atom stereocenters. The van der Waals surface area contributed by atoms with Gasteiger partial charge in [-0.25, -0.2) is 8.42 Å². The van der Waals surface area contributed by atoms with E-state index in [0.29, 0.717) is 11.6 Å². The second kappa shape index (κ2) is 11.7. The van der Waals surface area contributed by atoms with Crippen LogP contribution in [0.5, 0.6) is 5.75 Å². The summed E-state index contributed by atoms with van der Waals surface area (Å²) in [7, 11) is -3.40. The van der Waals surface area contributed by atoms with Gasteiger partial charge in [0.1, 0.15) is 11.9 Å². The summed E-state index contributed by atoms with van der Waals surface area (Å²) in [5.74, 6) is -0.496. The molecule has 42 heavy (non-hydrogen) atoms. The normalized spacial score (nSPS) is 16.0. The van der Waals surface area contributed by atoms with Crippen LogP contribution in [-0.2, 0) is 31.9 Å². The van der Waals surface area contributed by atoms with Crippen molar-refractivity contribution in [3.63, 3.8) is 0 Å². The fourth-order valence-electron chi connectivity index (χ4n) is 4.54. The van der Waals surface area contributed by atoms with Crippen molar-refractivity contribution in [1.82, 2.24) is 0 Å². The predicted octanol–water partition coefficient (Wildman–Crippen LogP) is 7.19. The smallest absolute Gasteiger partial charge is 0.416 e. The van der Waals surface area contributed by atoms with Crippen LogP contribution in [0.3, 0.4) is 0 Å². The summed E-state index contributed by atoms with van der Waals surface area (Å²) in [6.45, 7) is 1.13. The highest BCUT2D eigenvalue weighted by molar-refractivity contribution is 7.92. The molecule has 3 aromatic rings. The van der Waals surface area contributed by atoms with Gasteiger partial charge >= 0.3 is 18.3 Å². The Morgan fingerprint density at radius 3 is 2.38 bits per heavy atom. The molecule has 0 bridgehead atoms. The minimum absolute atomic E-state index is 0.0209. The Morgan fingerprint density at radius 1 is 1.00 bits per heavy atom. The van der Waals surface area contributed by atoms with Gasteiger partial charge in [-0.2, -0.15) is 26.3 Å². The first-order chi connectivity index (χ1) is 19.6. The number of fused-ring (bicyclic) bond motifs is 1. The fraction of sp³-hybridized carbons (Fsp3) is 0.276. The Hall–Kier alpha value is -4.00. The van der Waals surface area contributed by atoms with Gasteiger partial charge in [0.2, 0.25) is 0 Å². The highest BCUT2D eigenvalue weighted by Crippen LogP contribution is 2.41. The quantitative estimate of drug-likeness (QED) is 0.160. The Labute approximate surface area is 238 Å². The highest BCUT2D eigenvalue weighted by Gasteiger charge is 2.37. The Kier molecular flexibility index (Phi) is 8.63. The van der Waals surface area contributed by atoms with Gasteiger partial charge in [0, 0.05) is 6.42 Å². The van der Waals surface area contributed by atoms with E-state index in [0.717, 1.165) is 28.6 Å². The maximum atomic E-state index is 13.7. The van der Waals surface area contributed by atoms with Crippen molar-refractivity contribution >= 4 is 33.3 Å². The molecule has 0 saturated heterocycles. The molecule has 4 rings (SSSR count). The third kappa shape index (κ3) is 6.72. The summed E-state index contributed by atoms with van der Waals surface area (Å²) in [4.78, 5) is 11.1. The topological polar surface area (TPSA) is 72.9 Å². The average Bonchev–Trinajstić information content (AvgIpc) is 2.94. The SMILES string of the molecule is COC(=O)CCC1CN(S(=O)(=O)c2cccc(C(F)(F)F)c2)c2cc(C=C(C)c3ccccc3C(F)(F)F)ccc2O1. The first kappa shape index (κ1) is 30.9. The van der Waals surface area contributed by atoms with E-state index in [4.69, 9.17) is 4.74 Å². The minimum Gasteiger partial charge on any atom is -0.486 e. The van der Waals surface area contributed by atoms with Gasteiger partial charge in [0.05, 0.1) is 35.4 Å². The Bertz CT molecular complexity index is 1620. The van der Waals surface area contributed by atoms with Gasteiger partial charge < -0.3 is 9.47 Å². The molecule has 0 aromatic heterocycles. The molecule has 0 saturated carbocycles. The van der Waals surface area contributed by atoms with E-state index < -0.39 is 50.5 Å². The van der Waals surface area contributed by atoms with Crippen molar-refractivity contribution in [3.8, 4) is 5.75 Å². The van der Waals surface area contributed by atoms with Crippen LogP contribution in [0.4, 0.5) is 32.0 Å². The molecule has 3 aromatic carbocycles. The third-order valence-electron chi connectivity index (χ3n) is 6.60. The number of rotatable bonds is 7. The number of methoxy groups -OCH3 is 1. The number of nitrogens with zero attached hydrogens (tertiary/aromatic N) is 1. The number of benzene rings is 3. The summed E-state index contributed by atoms with van der Waals surface area (Å²) in [6, 6.07) is 12.6. The number of sulfonamides is 1. The summed E-state index contributed by atoms with van der Waals surface area (Å²) < 4.78 is 120. The molecule has 6 nitrogen and oxygen atoms in total. The lowest BCUT2D eigenvalue weighted by Crippen LogP contribution is -2.43. The predicted molar refractivity (Wildman–Crippen MR) is 143 cm³/mol. The number of alkyl halides is 6. The Balaban J connectivity index is 1.79. The van der Waals surface area contributed by atoms with Crippen molar-refractivity contribution in [2.24, 2.45) is 0 Å². The number of anilines is 1.